The van der Waals surface area contributed by atoms with Gasteiger partial charge < -0.3 is 5.32 Å². The molecule has 0 radical (unpaired) electrons. The van der Waals surface area contributed by atoms with Gasteiger partial charge in [0.25, 0.3) is 10.0 Å². The Labute approximate surface area is 137 Å². The van der Waals surface area contributed by atoms with Gasteiger partial charge in [-0.05, 0) is 43.7 Å². The highest BCUT2D eigenvalue weighted by atomic mass is 32.2. The molecule has 1 amide bonds. The molecule has 1 aromatic rings. The highest BCUT2D eigenvalue weighted by Gasteiger charge is 2.42. The van der Waals surface area contributed by atoms with Crippen LogP contribution in [0.3, 0.4) is 0 Å². The molecule has 1 aromatic carbocycles. The van der Waals surface area contributed by atoms with Crippen LogP contribution in [-0.4, -0.2) is 20.9 Å². The summed E-state index contributed by atoms with van der Waals surface area (Å²) >= 11 is 0. The second-order valence-electron chi connectivity index (χ2n) is 6.18. The summed E-state index contributed by atoms with van der Waals surface area (Å²) in [4.78, 5) is 12.3. The van der Waals surface area contributed by atoms with Crippen molar-refractivity contribution in [3.8, 4) is 0 Å². The zero-order chi connectivity index (χ0) is 16.3. The number of rotatable bonds is 0. The number of fused-ring (bicyclic) bond motifs is 2. The van der Waals surface area contributed by atoms with Crippen molar-refractivity contribution in [2.45, 2.75) is 37.0 Å². The first-order chi connectivity index (χ1) is 11.1. The minimum Gasteiger partial charge on any atom is -0.384 e. The molecule has 0 unspecified atom stereocenters. The molecule has 0 bridgehead atoms. The van der Waals surface area contributed by atoms with Crippen LogP contribution in [0.15, 0.2) is 41.3 Å². The van der Waals surface area contributed by atoms with Crippen LogP contribution in [-0.2, 0) is 14.8 Å². The van der Waals surface area contributed by atoms with E-state index in [4.69, 9.17) is 0 Å². The highest BCUT2D eigenvalue weighted by Crippen LogP contribution is 2.40. The smallest absolute Gasteiger partial charge is 0.266 e. The van der Waals surface area contributed by atoms with Gasteiger partial charge in [-0.15, -0.1) is 0 Å². The quantitative estimate of drug-likeness (QED) is 0.715. The summed E-state index contributed by atoms with van der Waals surface area (Å²) in [5.41, 5.74) is 0.549. The van der Waals surface area contributed by atoms with Crippen molar-refractivity contribution < 1.29 is 13.2 Å². The van der Waals surface area contributed by atoms with Gasteiger partial charge in [-0.1, -0.05) is 30.7 Å². The minimum atomic E-state index is -3.84. The highest BCUT2D eigenvalue weighted by molar-refractivity contribution is 7.90. The largest absolute Gasteiger partial charge is 0.384 e. The Balaban J connectivity index is 1.84. The Morgan fingerprint density at radius 1 is 1.09 bits per heavy atom. The Bertz CT molecular complexity index is 712. The molecule has 124 valence electrons. The van der Waals surface area contributed by atoms with E-state index < -0.39 is 15.9 Å². The van der Waals surface area contributed by atoms with Crippen LogP contribution in [0.4, 0.5) is 5.69 Å². The van der Waals surface area contributed by atoms with Crippen molar-refractivity contribution in [2.75, 3.05) is 11.9 Å². The maximum atomic E-state index is 12.5. The number of para-hydroxylation sites is 1. The Morgan fingerprint density at radius 2 is 1.91 bits per heavy atom. The normalized spacial score (nSPS) is 28.8. The summed E-state index contributed by atoms with van der Waals surface area (Å²) in [5.74, 6) is -0.431. The molecule has 23 heavy (non-hydrogen) atoms. The number of anilines is 1. The van der Waals surface area contributed by atoms with E-state index in [-0.39, 0.29) is 16.7 Å². The Morgan fingerprint density at radius 3 is 2.78 bits per heavy atom. The average Bonchev–Trinajstić information content (AvgIpc) is 3.29. The standard InChI is InChI=1S/C17H22N2O3S/c20-17-14-12-13(14)8-4-2-1-3-7-11-18-15-9-5-6-10-16(15)23(21,22)19-17/h4-6,8-10,13-14,18H,1-3,7,11-12H2,(H,19,20)/b8-4-/t13-,14+/m1/s1. The molecule has 5 nitrogen and oxygen atoms in total. The van der Waals surface area contributed by atoms with E-state index in [1.165, 1.54) is 6.07 Å². The lowest BCUT2D eigenvalue weighted by Crippen LogP contribution is -2.32. The van der Waals surface area contributed by atoms with Crippen molar-refractivity contribution in [2.24, 2.45) is 11.8 Å². The third-order valence-electron chi connectivity index (χ3n) is 4.33. The summed E-state index contributed by atoms with van der Waals surface area (Å²) in [5, 5.41) is 3.18. The Hall–Kier alpha value is -1.82. The third-order valence-corrected chi connectivity index (χ3v) is 5.74. The van der Waals surface area contributed by atoms with E-state index in [2.05, 4.69) is 22.2 Å². The molecule has 1 fully saturated rings. The van der Waals surface area contributed by atoms with Gasteiger partial charge in [0.05, 0.1) is 5.69 Å². The lowest BCUT2D eigenvalue weighted by atomic mass is 10.1. The molecule has 0 aromatic heterocycles. The molecular formula is C17H22N2O3S. The van der Waals surface area contributed by atoms with Crippen molar-refractivity contribution in [3.05, 3.63) is 36.4 Å². The first kappa shape index (κ1) is 16.1. The molecule has 3 rings (SSSR count). The number of carbonyl (C=O) groups is 1. The van der Waals surface area contributed by atoms with E-state index in [0.717, 1.165) is 38.6 Å². The number of hydrogen-bond donors (Lipinski definition) is 2. The molecule has 2 aliphatic rings. The predicted octanol–water partition coefficient (Wildman–Crippen LogP) is 2.67. The average molecular weight is 334 g/mol. The van der Waals surface area contributed by atoms with Gasteiger partial charge in [0, 0.05) is 12.5 Å². The zero-order valence-electron chi connectivity index (χ0n) is 13.0. The molecular weight excluding hydrogens is 312 g/mol. The maximum Gasteiger partial charge on any atom is 0.266 e. The first-order valence-electron chi connectivity index (χ1n) is 8.14. The van der Waals surface area contributed by atoms with Crippen LogP contribution in [0.5, 0.6) is 0 Å². The lowest BCUT2D eigenvalue weighted by Gasteiger charge is -2.13. The fourth-order valence-electron chi connectivity index (χ4n) is 2.90. The molecule has 1 aliphatic heterocycles. The van der Waals surface area contributed by atoms with E-state index in [9.17, 15) is 13.2 Å². The summed E-state index contributed by atoms with van der Waals surface area (Å²) in [6, 6.07) is 6.72. The molecule has 1 aliphatic carbocycles. The van der Waals surface area contributed by atoms with Gasteiger partial charge >= 0.3 is 0 Å². The minimum absolute atomic E-state index is 0.135. The summed E-state index contributed by atoms with van der Waals surface area (Å²) in [6.45, 7) is 0.718. The van der Waals surface area contributed by atoms with Crippen molar-refractivity contribution >= 4 is 21.6 Å². The van der Waals surface area contributed by atoms with E-state index >= 15 is 0 Å². The van der Waals surface area contributed by atoms with Gasteiger partial charge in [0.1, 0.15) is 4.90 Å². The van der Waals surface area contributed by atoms with Crippen LogP contribution in [0.2, 0.25) is 0 Å². The molecule has 2 N–H and O–H groups in total. The van der Waals surface area contributed by atoms with Crippen molar-refractivity contribution in [1.82, 2.24) is 4.72 Å². The summed E-state index contributed by atoms with van der Waals surface area (Å²) in [7, 11) is -3.84. The topological polar surface area (TPSA) is 75.3 Å². The molecule has 1 saturated carbocycles. The predicted molar refractivity (Wildman–Crippen MR) is 89.5 cm³/mol. The van der Waals surface area contributed by atoms with Crippen LogP contribution in [0, 0.1) is 11.8 Å². The van der Waals surface area contributed by atoms with E-state index in [1.807, 2.05) is 0 Å². The van der Waals surface area contributed by atoms with Gasteiger partial charge in [0.15, 0.2) is 0 Å². The SMILES string of the molecule is O=C1NS(=O)(=O)c2ccccc2NCCCCC/C=C\[C@@H]2C[C@H]12. The molecule has 2 atom stereocenters. The van der Waals surface area contributed by atoms with E-state index in [0.29, 0.717) is 5.69 Å². The number of amides is 1. The molecule has 1 heterocycles. The van der Waals surface area contributed by atoms with Gasteiger partial charge in [-0.25, -0.2) is 13.1 Å². The Kier molecular flexibility index (Phi) is 4.71. The van der Waals surface area contributed by atoms with Crippen molar-refractivity contribution in [1.29, 1.82) is 0 Å². The summed E-state index contributed by atoms with van der Waals surface area (Å²) < 4.78 is 27.3. The zero-order valence-corrected chi connectivity index (χ0v) is 13.8. The number of sulfonamides is 1. The summed E-state index contributed by atoms with van der Waals surface area (Å²) in [6.07, 6.45) is 9.12. The fraction of sp³-hybridized carbons (Fsp3) is 0.471. The van der Waals surface area contributed by atoms with Crippen molar-refractivity contribution in [3.63, 3.8) is 0 Å². The molecule has 0 saturated heterocycles. The monoisotopic (exact) mass is 334 g/mol. The van der Waals surface area contributed by atoms with Crippen LogP contribution < -0.4 is 10.0 Å². The number of benzene rings is 1. The number of nitrogens with one attached hydrogen (secondary N) is 2. The van der Waals surface area contributed by atoms with E-state index in [1.54, 1.807) is 18.2 Å². The second-order valence-corrected chi connectivity index (χ2v) is 7.83. The van der Waals surface area contributed by atoms with Crippen LogP contribution in [0.25, 0.3) is 0 Å². The number of carbonyl (C=O) groups excluding carboxylic acids is 1. The molecule has 6 heteroatoms. The van der Waals surface area contributed by atoms with Gasteiger partial charge in [-0.2, -0.15) is 0 Å². The number of hydrogen-bond acceptors (Lipinski definition) is 4. The second kappa shape index (κ2) is 6.74. The fourth-order valence-corrected chi connectivity index (χ4v) is 4.11. The van der Waals surface area contributed by atoms with Crippen LogP contribution in [0.1, 0.15) is 32.1 Å². The number of allylic oxidation sites excluding steroid dienone is 2. The first-order valence-corrected chi connectivity index (χ1v) is 9.62. The maximum absolute atomic E-state index is 12.5. The van der Waals surface area contributed by atoms with Gasteiger partial charge in [0.2, 0.25) is 5.91 Å². The van der Waals surface area contributed by atoms with Crippen LogP contribution >= 0.6 is 0 Å². The third kappa shape index (κ3) is 3.93. The van der Waals surface area contributed by atoms with Gasteiger partial charge in [-0.3, -0.25) is 4.79 Å². The lowest BCUT2D eigenvalue weighted by molar-refractivity contribution is -0.120. The molecule has 0 spiro atoms.